The van der Waals surface area contributed by atoms with Gasteiger partial charge < -0.3 is 15.6 Å². The number of benzene rings is 1. The van der Waals surface area contributed by atoms with Crippen LogP contribution in [0.2, 0.25) is 0 Å². The summed E-state index contributed by atoms with van der Waals surface area (Å²) >= 11 is 0. The van der Waals surface area contributed by atoms with Crippen LogP contribution in [0.1, 0.15) is 12.0 Å². The van der Waals surface area contributed by atoms with Gasteiger partial charge in [0, 0.05) is 29.7 Å². The van der Waals surface area contributed by atoms with Crippen molar-refractivity contribution in [1.82, 2.24) is 15.6 Å². The van der Waals surface area contributed by atoms with E-state index in [1.54, 1.807) is 0 Å². The van der Waals surface area contributed by atoms with Gasteiger partial charge >= 0.3 is 6.03 Å². The van der Waals surface area contributed by atoms with E-state index in [1.807, 2.05) is 30.5 Å². The maximum atomic E-state index is 11.8. The average molecular weight is 321 g/mol. The zero-order chi connectivity index (χ0) is 15.6. The van der Waals surface area contributed by atoms with E-state index < -0.39 is 9.84 Å². The molecule has 3 N–H and O–H groups in total. The number of sulfone groups is 1. The molecule has 3 rings (SSSR count). The Hall–Kier alpha value is -2.02. The van der Waals surface area contributed by atoms with E-state index in [2.05, 4.69) is 15.6 Å². The van der Waals surface area contributed by atoms with Crippen LogP contribution in [0.5, 0.6) is 0 Å². The number of aromatic nitrogens is 1. The largest absolute Gasteiger partial charge is 0.361 e. The number of fused-ring (bicyclic) bond motifs is 1. The van der Waals surface area contributed by atoms with Gasteiger partial charge in [-0.25, -0.2) is 13.2 Å². The molecule has 0 unspecified atom stereocenters. The number of rotatable bonds is 4. The van der Waals surface area contributed by atoms with Crippen LogP contribution in [0.3, 0.4) is 0 Å². The molecule has 7 heteroatoms. The molecule has 2 aromatic rings. The van der Waals surface area contributed by atoms with Crippen LogP contribution < -0.4 is 10.6 Å². The summed E-state index contributed by atoms with van der Waals surface area (Å²) in [4.78, 5) is 15.0. The fraction of sp³-hybridized carbons (Fsp3) is 0.400. The van der Waals surface area contributed by atoms with Crippen molar-refractivity contribution in [3.8, 4) is 0 Å². The van der Waals surface area contributed by atoms with Crippen molar-refractivity contribution >= 4 is 26.8 Å². The molecule has 2 amide bonds. The summed E-state index contributed by atoms with van der Waals surface area (Å²) in [7, 11) is -2.97. The van der Waals surface area contributed by atoms with Gasteiger partial charge in [0.1, 0.15) is 0 Å². The summed E-state index contributed by atoms with van der Waals surface area (Å²) < 4.78 is 22.7. The number of urea groups is 1. The highest BCUT2D eigenvalue weighted by Crippen LogP contribution is 2.17. The molecule has 0 bridgehead atoms. The lowest BCUT2D eigenvalue weighted by atomic mass is 10.1. The summed E-state index contributed by atoms with van der Waals surface area (Å²) in [6.07, 6.45) is 3.17. The van der Waals surface area contributed by atoms with Gasteiger partial charge in [0.25, 0.3) is 0 Å². The molecule has 1 saturated heterocycles. The summed E-state index contributed by atoms with van der Waals surface area (Å²) in [6.45, 7) is 0.507. The van der Waals surface area contributed by atoms with Crippen molar-refractivity contribution in [2.45, 2.75) is 18.9 Å². The number of hydrogen-bond acceptors (Lipinski definition) is 3. The SMILES string of the molecule is O=C(NCCc1c[nH]c2ccccc12)N[C@H]1CCS(=O)(=O)C1. The maximum absolute atomic E-state index is 11.8. The van der Waals surface area contributed by atoms with Gasteiger partial charge in [-0.15, -0.1) is 0 Å². The highest BCUT2D eigenvalue weighted by Gasteiger charge is 2.28. The Labute approximate surface area is 129 Å². The van der Waals surface area contributed by atoms with Gasteiger partial charge in [0.2, 0.25) is 0 Å². The molecule has 6 nitrogen and oxygen atoms in total. The van der Waals surface area contributed by atoms with E-state index >= 15 is 0 Å². The number of nitrogens with one attached hydrogen (secondary N) is 3. The molecule has 1 atom stereocenters. The van der Waals surface area contributed by atoms with E-state index in [9.17, 15) is 13.2 Å². The average Bonchev–Trinajstić information content (AvgIpc) is 3.03. The van der Waals surface area contributed by atoms with Gasteiger partial charge in [0.15, 0.2) is 9.84 Å². The zero-order valence-electron chi connectivity index (χ0n) is 12.1. The third kappa shape index (κ3) is 3.41. The third-order valence-corrected chi connectivity index (χ3v) is 5.69. The first-order valence-electron chi connectivity index (χ1n) is 7.33. The standard InChI is InChI=1S/C15H19N3O3S/c19-15(18-12-6-8-22(20,21)10-12)16-7-5-11-9-17-14-4-2-1-3-13(11)14/h1-4,9,12,17H,5-8,10H2,(H2,16,18,19)/t12-/m0/s1. The zero-order valence-corrected chi connectivity index (χ0v) is 12.9. The third-order valence-electron chi connectivity index (χ3n) is 3.92. The Balaban J connectivity index is 1.48. The van der Waals surface area contributed by atoms with Crippen molar-refractivity contribution in [2.24, 2.45) is 0 Å². The highest BCUT2D eigenvalue weighted by atomic mass is 32.2. The topological polar surface area (TPSA) is 91.1 Å². The number of para-hydroxylation sites is 1. The molecule has 1 aromatic heterocycles. The smallest absolute Gasteiger partial charge is 0.315 e. The van der Waals surface area contributed by atoms with Crippen molar-refractivity contribution in [3.63, 3.8) is 0 Å². The molecule has 1 fully saturated rings. The van der Waals surface area contributed by atoms with E-state index in [4.69, 9.17) is 0 Å². The molecule has 0 saturated carbocycles. The quantitative estimate of drug-likeness (QED) is 0.790. The number of carbonyl (C=O) groups is 1. The minimum atomic E-state index is -2.97. The summed E-state index contributed by atoms with van der Waals surface area (Å²) in [6, 6.07) is 7.45. The Morgan fingerprint density at radius 1 is 1.32 bits per heavy atom. The predicted octanol–water partition coefficient (Wildman–Crippen LogP) is 1.20. The summed E-state index contributed by atoms with van der Waals surface area (Å²) in [5, 5.41) is 6.65. The van der Waals surface area contributed by atoms with Gasteiger partial charge in [-0.05, 0) is 24.5 Å². The first-order chi connectivity index (χ1) is 10.5. The molecule has 1 aromatic carbocycles. The van der Waals surface area contributed by atoms with Crippen molar-refractivity contribution in [2.75, 3.05) is 18.1 Å². The lowest BCUT2D eigenvalue weighted by Crippen LogP contribution is -2.43. The molecule has 2 heterocycles. The second-order valence-corrected chi connectivity index (χ2v) is 7.84. The number of carbonyl (C=O) groups excluding carboxylic acids is 1. The van der Waals surface area contributed by atoms with E-state index in [1.165, 1.54) is 0 Å². The van der Waals surface area contributed by atoms with Crippen LogP contribution in [-0.2, 0) is 16.3 Å². The number of hydrogen-bond donors (Lipinski definition) is 3. The normalized spacial score (nSPS) is 20.1. The molecule has 0 radical (unpaired) electrons. The highest BCUT2D eigenvalue weighted by molar-refractivity contribution is 7.91. The van der Waals surface area contributed by atoms with E-state index in [0.717, 1.165) is 22.9 Å². The molecule has 0 aliphatic carbocycles. The van der Waals surface area contributed by atoms with Crippen molar-refractivity contribution in [3.05, 3.63) is 36.0 Å². The fourth-order valence-electron chi connectivity index (χ4n) is 2.79. The van der Waals surface area contributed by atoms with Gasteiger partial charge in [0.05, 0.1) is 11.5 Å². The second kappa shape index (κ2) is 6.00. The predicted molar refractivity (Wildman–Crippen MR) is 85.6 cm³/mol. The Morgan fingerprint density at radius 2 is 2.14 bits per heavy atom. The minimum Gasteiger partial charge on any atom is -0.361 e. The van der Waals surface area contributed by atoms with Crippen LogP contribution >= 0.6 is 0 Å². The lowest BCUT2D eigenvalue weighted by Gasteiger charge is -2.11. The molecular weight excluding hydrogens is 302 g/mol. The Morgan fingerprint density at radius 3 is 2.91 bits per heavy atom. The molecule has 22 heavy (non-hydrogen) atoms. The molecule has 1 aliphatic heterocycles. The summed E-state index contributed by atoms with van der Waals surface area (Å²) in [5.74, 6) is 0.205. The van der Waals surface area contributed by atoms with Crippen LogP contribution in [0, 0.1) is 0 Å². The van der Waals surface area contributed by atoms with Crippen molar-refractivity contribution < 1.29 is 13.2 Å². The number of aromatic amines is 1. The Kier molecular flexibility index (Phi) is 4.06. The van der Waals surface area contributed by atoms with Crippen LogP contribution in [0.25, 0.3) is 10.9 Å². The second-order valence-electron chi connectivity index (χ2n) is 5.61. The Bertz CT molecular complexity index is 782. The van der Waals surface area contributed by atoms with Gasteiger partial charge in [-0.3, -0.25) is 0 Å². The van der Waals surface area contributed by atoms with Crippen LogP contribution in [-0.4, -0.2) is 43.5 Å². The number of H-pyrrole nitrogens is 1. The van der Waals surface area contributed by atoms with Crippen LogP contribution in [0.15, 0.2) is 30.5 Å². The molecule has 1 aliphatic rings. The minimum absolute atomic E-state index is 0.0445. The van der Waals surface area contributed by atoms with Crippen LogP contribution in [0.4, 0.5) is 4.79 Å². The molecular formula is C15H19N3O3S. The van der Waals surface area contributed by atoms with Crippen molar-refractivity contribution in [1.29, 1.82) is 0 Å². The molecule has 118 valence electrons. The fourth-order valence-corrected chi connectivity index (χ4v) is 4.47. The number of amides is 2. The summed E-state index contributed by atoms with van der Waals surface area (Å²) in [5.41, 5.74) is 2.23. The first kappa shape index (κ1) is 14.9. The maximum Gasteiger partial charge on any atom is 0.315 e. The van der Waals surface area contributed by atoms with Gasteiger partial charge in [-0.1, -0.05) is 18.2 Å². The molecule has 0 spiro atoms. The van der Waals surface area contributed by atoms with Gasteiger partial charge in [-0.2, -0.15) is 0 Å². The first-order valence-corrected chi connectivity index (χ1v) is 9.15. The lowest BCUT2D eigenvalue weighted by molar-refractivity contribution is 0.238. The van der Waals surface area contributed by atoms with E-state index in [0.29, 0.717) is 13.0 Å². The van der Waals surface area contributed by atoms with E-state index in [-0.39, 0.29) is 23.6 Å². The monoisotopic (exact) mass is 321 g/mol.